The highest BCUT2D eigenvalue weighted by Crippen LogP contribution is 2.20. The van der Waals surface area contributed by atoms with E-state index in [-0.39, 0.29) is 0 Å². The van der Waals surface area contributed by atoms with E-state index in [1.165, 1.54) is 10.6 Å². The number of anilines is 2. The molecule has 2 saturated heterocycles. The molecule has 0 amide bonds. The molecule has 2 aliphatic rings. The molecule has 8 nitrogen and oxygen atoms in total. The van der Waals surface area contributed by atoms with Gasteiger partial charge in [-0.2, -0.15) is 4.31 Å². The highest BCUT2D eigenvalue weighted by molar-refractivity contribution is 7.88. The van der Waals surface area contributed by atoms with Crippen LogP contribution in [0.2, 0.25) is 0 Å². The lowest BCUT2D eigenvalue weighted by molar-refractivity contribution is 0.122. The Morgan fingerprint density at radius 2 is 1.50 bits per heavy atom. The number of hydrogen-bond donors (Lipinski definition) is 0. The van der Waals surface area contributed by atoms with Crippen molar-refractivity contribution in [2.45, 2.75) is 0 Å². The van der Waals surface area contributed by atoms with Crippen molar-refractivity contribution in [2.75, 3.05) is 68.5 Å². The SMILES string of the molecule is CS(=O)(=O)N1CCN(c2cc(N3CCOCC3)ncn2)CC1. The summed E-state index contributed by atoms with van der Waals surface area (Å²) < 4.78 is 30.0. The summed E-state index contributed by atoms with van der Waals surface area (Å²) in [6.07, 6.45) is 2.83. The summed E-state index contributed by atoms with van der Waals surface area (Å²) in [7, 11) is -3.10. The second kappa shape index (κ2) is 6.35. The molecule has 3 heterocycles. The zero-order valence-corrected chi connectivity index (χ0v) is 13.5. The summed E-state index contributed by atoms with van der Waals surface area (Å²) in [5.41, 5.74) is 0. The molecule has 9 heteroatoms. The standard InChI is InChI=1S/C13H21N5O3S/c1-22(19,20)18-4-2-16(3-5-18)12-10-13(15-11-14-12)17-6-8-21-9-7-17/h10-11H,2-9H2,1H3. The van der Waals surface area contributed by atoms with E-state index in [2.05, 4.69) is 19.8 Å². The molecule has 1 aromatic rings. The molecule has 0 N–H and O–H groups in total. The molecule has 0 unspecified atom stereocenters. The largest absolute Gasteiger partial charge is 0.378 e. The highest BCUT2D eigenvalue weighted by atomic mass is 32.2. The van der Waals surface area contributed by atoms with Crippen LogP contribution < -0.4 is 9.80 Å². The van der Waals surface area contributed by atoms with Gasteiger partial charge < -0.3 is 14.5 Å². The number of ether oxygens (including phenoxy) is 1. The molecule has 0 saturated carbocycles. The molecular formula is C13H21N5O3S. The van der Waals surface area contributed by atoms with E-state index >= 15 is 0 Å². The van der Waals surface area contributed by atoms with Gasteiger partial charge in [-0.15, -0.1) is 0 Å². The van der Waals surface area contributed by atoms with Crippen LogP contribution in [0.4, 0.5) is 11.6 Å². The van der Waals surface area contributed by atoms with Gasteiger partial charge in [-0.05, 0) is 0 Å². The van der Waals surface area contributed by atoms with Crippen molar-refractivity contribution in [1.82, 2.24) is 14.3 Å². The lowest BCUT2D eigenvalue weighted by Gasteiger charge is -2.34. The van der Waals surface area contributed by atoms with Crippen LogP contribution in [0.5, 0.6) is 0 Å². The first-order valence-electron chi connectivity index (χ1n) is 7.39. The lowest BCUT2D eigenvalue weighted by atomic mass is 10.3. The third-order valence-corrected chi connectivity index (χ3v) is 5.31. The molecule has 2 aliphatic heterocycles. The van der Waals surface area contributed by atoms with E-state index in [0.29, 0.717) is 39.4 Å². The van der Waals surface area contributed by atoms with Gasteiger partial charge in [0.05, 0.1) is 19.5 Å². The molecule has 0 atom stereocenters. The molecule has 0 aliphatic carbocycles. The third kappa shape index (κ3) is 3.47. The molecule has 2 fully saturated rings. The fourth-order valence-electron chi connectivity index (χ4n) is 2.72. The minimum absolute atomic E-state index is 0.496. The molecule has 0 radical (unpaired) electrons. The smallest absolute Gasteiger partial charge is 0.211 e. The Morgan fingerprint density at radius 3 is 2.05 bits per heavy atom. The Bertz CT molecular complexity index is 610. The van der Waals surface area contributed by atoms with Crippen molar-refractivity contribution in [3.63, 3.8) is 0 Å². The van der Waals surface area contributed by atoms with E-state index in [4.69, 9.17) is 4.74 Å². The van der Waals surface area contributed by atoms with Crippen LogP contribution >= 0.6 is 0 Å². The minimum atomic E-state index is -3.10. The van der Waals surface area contributed by atoms with Gasteiger partial charge in [-0.3, -0.25) is 0 Å². The Hall–Kier alpha value is -1.45. The predicted octanol–water partition coefficient (Wildman–Crippen LogP) is -0.605. The zero-order valence-electron chi connectivity index (χ0n) is 12.7. The summed E-state index contributed by atoms with van der Waals surface area (Å²) in [4.78, 5) is 13.0. The predicted molar refractivity (Wildman–Crippen MR) is 83.7 cm³/mol. The summed E-state index contributed by atoms with van der Waals surface area (Å²) in [6, 6.07) is 1.97. The van der Waals surface area contributed by atoms with Crippen LogP contribution in [0, 0.1) is 0 Å². The van der Waals surface area contributed by atoms with Gasteiger partial charge in [0, 0.05) is 45.3 Å². The van der Waals surface area contributed by atoms with Crippen LogP contribution in [0.15, 0.2) is 12.4 Å². The molecular weight excluding hydrogens is 306 g/mol. The van der Waals surface area contributed by atoms with Gasteiger partial charge in [0.2, 0.25) is 10.0 Å². The number of aromatic nitrogens is 2. The first-order valence-corrected chi connectivity index (χ1v) is 9.24. The van der Waals surface area contributed by atoms with Crippen molar-refractivity contribution in [3.05, 3.63) is 12.4 Å². The first-order chi connectivity index (χ1) is 10.5. The van der Waals surface area contributed by atoms with Crippen LogP contribution in [-0.4, -0.2) is 81.4 Å². The molecule has 3 rings (SSSR count). The normalized spacial score (nSPS) is 21.1. The third-order valence-electron chi connectivity index (χ3n) is 4.00. The molecule has 0 aromatic carbocycles. The maximum absolute atomic E-state index is 11.6. The quantitative estimate of drug-likeness (QED) is 0.733. The number of piperazine rings is 1. The second-order valence-electron chi connectivity index (χ2n) is 5.48. The molecule has 122 valence electrons. The number of morpholine rings is 1. The number of nitrogens with zero attached hydrogens (tertiary/aromatic N) is 5. The average Bonchev–Trinajstić information content (AvgIpc) is 2.55. The van der Waals surface area contributed by atoms with Crippen LogP contribution in [-0.2, 0) is 14.8 Å². The Morgan fingerprint density at radius 1 is 0.955 bits per heavy atom. The summed E-state index contributed by atoms with van der Waals surface area (Å²) in [5, 5.41) is 0. The minimum Gasteiger partial charge on any atom is -0.378 e. The monoisotopic (exact) mass is 327 g/mol. The van der Waals surface area contributed by atoms with E-state index in [1.807, 2.05) is 6.07 Å². The van der Waals surface area contributed by atoms with Crippen LogP contribution in [0.3, 0.4) is 0 Å². The fourth-order valence-corrected chi connectivity index (χ4v) is 3.55. The Labute approximate surface area is 130 Å². The van der Waals surface area contributed by atoms with Gasteiger partial charge >= 0.3 is 0 Å². The first kappa shape index (κ1) is 15.4. The summed E-state index contributed by atoms with van der Waals surface area (Å²) in [6.45, 7) is 5.38. The van der Waals surface area contributed by atoms with Crippen molar-refractivity contribution >= 4 is 21.7 Å². The molecule has 1 aromatic heterocycles. The lowest BCUT2D eigenvalue weighted by Crippen LogP contribution is -2.48. The Balaban J connectivity index is 1.68. The second-order valence-corrected chi connectivity index (χ2v) is 7.47. The van der Waals surface area contributed by atoms with E-state index in [9.17, 15) is 8.42 Å². The van der Waals surface area contributed by atoms with E-state index in [1.54, 1.807) is 6.33 Å². The fraction of sp³-hybridized carbons (Fsp3) is 0.692. The van der Waals surface area contributed by atoms with Gasteiger partial charge in [-0.1, -0.05) is 0 Å². The van der Waals surface area contributed by atoms with Gasteiger partial charge in [0.1, 0.15) is 18.0 Å². The van der Waals surface area contributed by atoms with Crippen molar-refractivity contribution in [2.24, 2.45) is 0 Å². The van der Waals surface area contributed by atoms with Gasteiger partial charge in [0.25, 0.3) is 0 Å². The average molecular weight is 327 g/mol. The molecule has 0 spiro atoms. The number of hydrogen-bond acceptors (Lipinski definition) is 7. The molecule has 22 heavy (non-hydrogen) atoms. The van der Waals surface area contributed by atoms with E-state index < -0.39 is 10.0 Å². The maximum Gasteiger partial charge on any atom is 0.211 e. The van der Waals surface area contributed by atoms with Crippen molar-refractivity contribution in [3.8, 4) is 0 Å². The van der Waals surface area contributed by atoms with Crippen LogP contribution in [0.1, 0.15) is 0 Å². The molecule has 0 bridgehead atoms. The van der Waals surface area contributed by atoms with Gasteiger partial charge in [-0.25, -0.2) is 18.4 Å². The summed E-state index contributed by atoms with van der Waals surface area (Å²) in [5.74, 6) is 1.75. The number of sulfonamides is 1. The zero-order chi connectivity index (χ0) is 15.6. The summed E-state index contributed by atoms with van der Waals surface area (Å²) >= 11 is 0. The number of rotatable bonds is 3. The van der Waals surface area contributed by atoms with Crippen molar-refractivity contribution < 1.29 is 13.2 Å². The maximum atomic E-state index is 11.6. The highest BCUT2D eigenvalue weighted by Gasteiger charge is 2.24. The van der Waals surface area contributed by atoms with E-state index in [0.717, 1.165) is 24.7 Å². The Kier molecular flexibility index (Phi) is 4.46. The topological polar surface area (TPSA) is 78.9 Å². The van der Waals surface area contributed by atoms with Crippen molar-refractivity contribution in [1.29, 1.82) is 0 Å². The van der Waals surface area contributed by atoms with Gasteiger partial charge in [0.15, 0.2) is 0 Å². The van der Waals surface area contributed by atoms with Crippen LogP contribution in [0.25, 0.3) is 0 Å².